The van der Waals surface area contributed by atoms with Crippen LogP contribution in [0.25, 0.3) is 0 Å². The Morgan fingerprint density at radius 1 is 1.17 bits per heavy atom. The number of halogens is 2. The van der Waals surface area contributed by atoms with E-state index in [1.165, 1.54) is 6.07 Å². The van der Waals surface area contributed by atoms with E-state index in [1.54, 1.807) is 19.3 Å². The smallest absolute Gasteiger partial charge is 0.128 e. The summed E-state index contributed by atoms with van der Waals surface area (Å²) in [5.41, 5.74) is 1.92. The van der Waals surface area contributed by atoms with Gasteiger partial charge in [-0.1, -0.05) is 6.07 Å². The molecule has 0 aliphatic rings. The Morgan fingerprint density at radius 2 is 1.94 bits per heavy atom. The summed E-state index contributed by atoms with van der Waals surface area (Å²) < 4.78 is 27.0. The molecule has 1 N–H and O–H groups in total. The summed E-state index contributed by atoms with van der Waals surface area (Å²) in [6.07, 6.45) is 1.67. The highest BCUT2D eigenvalue weighted by atomic mass is 19.1. The van der Waals surface area contributed by atoms with Crippen LogP contribution >= 0.6 is 0 Å². The summed E-state index contributed by atoms with van der Waals surface area (Å²) in [4.78, 5) is 4.17. The number of aryl methyl sites for hydroxylation is 1. The standard InChI is InChI=1S/C14H14F2N2/c1-9-11(4-3-7-18-9)14(17-2)12-8-10(15)5-6-13(12)16/h3-8,14,17H,1-2H3. The molecular formula is C14H14F2N2. The molecule has 1 heterocycles. The molecular weight excluding hydrogens is 234 g/mol. The molecule has 94 valence electrons. The van der Waals surface area contributed by atoms with Gasteiger partial charge in [-0.3, -0.25) is 4.98 Å². The van der Waals surface area contributed by atoms with Crippen molar-refractivity contribution in [3.63, 3.8) is 0 Å². The molecule has 0 aliphatic heterocycles. The molecule has 4 heteroatoms. The maximum Gasteiger partial charge on any atom is 0.128 e. The van der Waals surface area contributed by atoms with Crippen molar-refractivity contribution in [3.8, 4) is 0 Å². The van der Waals surface area contributed by atoms with Gasteiger partial charge in [0.25, 0.3) is 0 Å². The molecule has 0 bridgehead atoms. The quantitative estimate of drug-likeness (QED) is 0.903. The molecule has 0 saturated heterocycles. The molecule has 1 aromatic heterocycles. The third-order valence-electron chi connectivity index (χ3n) is 2.92. The molecule has 1 atom stereocenters. The van der Waals surface area contributed by atoms with Gasteiger partial charge in [0.1, 0.15) is 11.6 Å². The Labute approximate surface area is 105 Å². The number of aromatic nitrogens is 1. The van der Waals surface area contributed by atoms with E-state index in [0.717, 1.165) is 23.4 Å². The van der Waals surface area contributed by atoms with Crippen molar-refractivity contribution in [1.29, 1.82) is 0 Å². The van der Waals surface area contributed by atoms with E-state index >= 15 is 0 Å². The Kier molecular flexibility index (Phi) is 3.67. The van der Waals surface area contributed by atoms with Gasteiger partial charge in [0.2, 0.25) is 0 Å². The number of hydrogen-bond acceptors (Lipinski definition) is 2. The molecule has 1 unspecified atom stereocenters. The Bertz CT molecular complexity index is 555. The average Bonchev–Trinajstić information content (AvgIpc) is 2.36. The lowest BCUT2D eigenvalue weighted by Crippen LogP contribution is -2.20. The van der Waals surface area contributed by atoms with Gasteiger partial charge < -0.3 is 5.32 Å². The molecule has 1 aromatic carbocycles. The predicted octanol–water partition coefficient (Wildman–Crippen LogP) is 2.98. The highest BCUT2D eigenvalue weighted by molar-refractivity contribution is 5.34. The fourth-order valence-electron chi connectivity index (χ4n) is 2.02. The van der Waals surface area contributed by atoms with E-state index in [0.29, 0.717) is 0 Å². The number of hydrogen-bond donors (Lipinski definition) is 1. The Morgan fingerprint density at radius 3 is 2.61 bits per heavy atom. The monoisotopic (exact) mass is 248 g/mol. The lowest BCUT2D eigenvalue weighted by atomic mass is 9.97. The fraction of sp³-hybridized carbons (Fsp3) is 0.214. The third kappa shape index (κ3) is 2.38. The van der Waals surface area contributed by atoms with Gasteiger partial charge in [-0.25, -0.2) is 8.78 Å². The third-order valence-corrected chi connectivity index (χ3v) is 2.92. The zero-order chi connectivity index (χ0) is 13.1. The van der Waals surface area contributed by atoms with Crippen LogP contribution in [0.5, 0.6) is 0 Å². The van der Waals surface area contributed by atoms with Crippen molar-refractivity contribution in [3.05, 3.63) is 65.0 Å². The molecule has 2 nitrogen and oxygen atoms in total. The molecule has 0 spiro atoms. The van der Waals surface area contributed by atoms with Crippen molar-refractivity contribution >= 4 is 0 Å². The number of nitrogens with one attached hydrogen (secondary N) is 1. The summed E-state index contributed by atoms with van der Waals surface area (Å²) >= 11 is 0. The van der Waals surface area contributed by atoms with E-state index in [4.69, 9.17) is 0 Å². The van der Waals surface area contributed by atoms with Crippen LogP contribution in [0.3, 0.4) is 0 Å². The van der Waals surface area contributed by atoms with Gasteiger partial charge in [-0.05, 0) is 43.8 Å². The Hall–Kier alpha value is -1.81. The van der Waals surface area contributed by atoms with Gasteiger partial charge in [-0.2, -0.15) is 0 Å². The number of nitrogens with zero attached hydrogens (tertiary/aromatic N) is 1. The van der Waals surface area contributed by atoms with Crippen LogP contribution in [0.4, 0.5) is 8.78 Å². The van der Waals surface area contributed by atoms with Crippen LogP contribution in [-0.4, -0.2) is 12.0 Å². The second kappa shape index (κ2) is 5.23. The number of benzene rings is 1. The summed E-state index contributed by atoms with van der Waals surface area (Å²) in [6, 6.07) is 6.69. The molecule has 0 aliphatic carbocycles. The maximum atomic E-state index is 13.8. The fourth-order valence-corrected chi connectivity index (χ4v) is 2.02. The minimum atomic E-state index is -0.451. The molecule has 0 saturated carbocycles. The van der Waals surface area contributed by atoms with Gasteiger partial charge in [-0.15, -0.1) is 0 Å². The van der Waals surface area contributed by atoms with Crippen molar-refractivity contribution in [2.45, 2.75) is 13.0 Å². The van der Waals surface area contributed by atoms with Crippen LogP contribution in [0.1, 0.15) is 22.9 Å². The number of pyridine rings is 1. The first-order valence-electron chi connectivity index (χ1n) is 5.67. The normalized spacial score (nSPS) is 12.4. The predicted molar refractivity (Wildman–Crippen MR) is 66.2 cm³/mol. The highest BCUT2D eigenvalue weighted by Crippen LogP contribution is 2.26. The van der Waals surface area contributed by atoms with Crippen molar-refractivity contribution < 1.29 is 8.78 Å². The summed E-state index contributed by atoms with van der Waals surface area (Å²) in [5.74, 6) is -0.882. The first kappa shape index (κ1) is 12.6. The van der Waals surface area contributed by atoms with Crippen LogP contribution in [0, 0.1) is 18.6 Å². The first-order chi connectivity index (χ1) is 8.63. The van der Waals surface area contributed by atoms with E-state index < -0.39 is 17.7 Å². The van der Waals surface area contributed by atoms with Gasteiger partial charge in [0.15, 0.2) is 0 Å². The van der Waals surface area contributed by atoms with Crippen LogP contribution < -0.4 is 5.32 Å². The summed E-state index contributed by atoms with van der Waals surface area (Å²) in [5, 5.41) is 3.00. The largest absolute Gasteiger partial charge is 0.309 e. The molecule has 18 heavy (non-hydrogen) atoms. The maximum absolute atomic E-state index is 13.8. The van der Waals surface area contributed by atoms with Crippen LogP contribution in [0.2, 0.25) is 0 Å². The SMILES string of the molecule is CNC(c1cc(F)ccc1F)c1cccnc1C. The zero-order valence-corrected chi connectivity index (χ0v) is 10.2. The zero-order valence-electron chi connectivity index (χ0n) is 10.2. The second-order valence-electron chi connectivity index (χ2n) is 4.07. The molecule has 0 fully saturated rings. The van der Waals surface area contributed by atoms with Gasteiger partial charge >= 0.3 is 0 Å². The molecule has 0 radical (unpaired) electrons. The second-order valence-corrected chi connectivity index (χ2v) is 4.07. The molecule has 0 amide bonds. The minimum Gasteiger partial charge on any atom is -0.309 e. The first-order valence-corrected chi connectivity index (χ1v) is 5.67. The van der Waals surface area contributed by atoms with E-state index in [2.05, 4.69) is 10.3 Å². The van der Waals surface area contributed by atoms with Crippen LogP contribution in [-0.2, 0) is 0 Å². The molecule has 2 rings (SSSR count). The van der Waals surface area contributed by atoms with E-state index in [9.17, 15) is 8.78 Å². The van der Waals surface area contributed by atoms with Crippen molar-refractivity contribution in [2.24, 2.45) is 0 Å². The molecule has 2 aromatic rings. The lowest BCUT2D eigenvalue weighted by Gasteiger charge is -2.19. The summed E-state index contributed by atoms with van der Waals surface area (Å²) in [6.45, 7) is 1.84. The van der Waals surface area contributed by atoms with Gasteiger partial charge in [0, 0.05) is 17.5 Å². The van der Waals surface area contributed by atoms with E-state index in [-0.39, 0.29) is 5.56 Å². The highest BCUT2D eigenvalue weighted by Gasteiger charge is 2.18. The lowest BCUT2D eigenvalue weighted by molar-refractivity contribution is 0.556. The van der Waals surface area contributed by atoms with Gasteiger partial charge in [0.05, 0.1) is 6.04 Å². The van der Waals surface area contributed by atoms with Crippen LogP contribution in [0.15, 0.2) is 36.5 Å². The van der Waals surface area contributed by atoms with Crippen molar-refractivity contribution in [2.75, 3.05) is 7.05 Å². The Balaban J connectivity index is 2.52. The summed E-state index contributed by atoms with van der Waals surface area (Å²) in [7, 11) is 1.71. The minimum absolute atomic E-state index is 0.286. The number of rotatable bonds is 3. The van der Waals surface area contributed by atoms with E-state index in [1.807, 2.05) is 13.0 Å². The van der Waals surface area contributed by atoms with Crippen molar-refractivity contribution in [1.82, 2.24) is 10.3 Å². The topological polar surface area (TPSA) is 24.9 Å². The average molecular weight is 248 g/mol.